The Kier molecular flexibility index (Phi) is 6.11. The molecule has 0 spiro atoms. The number of carbonyl (C=O) groups excluding carboxylic acids is 1. The maximum atomic E-state index is 13.1. The highest BCUT2D eigenvalue weighted by Crippen LogP contribution is 2.34. The summed E-state index contributed by atoms with van der Waals surface area (Å²) in [6, 6.07) is 23.8. The fourth-order valence-corrected chi connectivity index (χ4v) is 2.95. The third-order valence-electron chi connectivity index (χ3n) is 4.24. The fourth-order valence-electron chi connectivity index (χ4n) is 2.95. The molecule has 0 aliphatic heterocycles. The Morgan fingerprint density at radius 2 is 1.29 bits per heavy atom. The van der Waals surface area contributed by atoms with E-state index in [2.05, 4.69) is 10.6 Å². The predicted octanol–water partition coefficient (Wildman–Crippen LogP) is 5.02. The Labute approximate surface area is 161 Å². The number of halogens is 3. The lowest BCUT2D eigenvalue weighted by atomic mass is 9.99. The van der Waals surface area contributed by atoms with Gasteiger partial charge in [-0.25, -0.2) is 0 Å². The van der Waals surface area contributed by atoms with Crippen molar-refractivity contribution in [2.45, 2.75) is 12.2 Å². The standard InChI is InChI=1S/C22H19F3N2O/c23-22(24,25)18-13-7-8-14-19(18)27-20(28)15-26-21(16-9-3-1-4-10-16)17-11-5-2-6-12-17/h1-14,21,26H,15H2,(H,27,28). The lowest BCUT2D eigenvalue weighted by molar-refractivity contribution is -0.137. The molecule has 28 heavy (non-hydrogen) atoms. The van der Waals surface area contributed by atoms with Crippen molar-refractivity contribution in [3.05, 3.63) is 102 Å². The van der Waals surface area contributed by atoms with Gasteiger partial charge in [-0.1, -0.05) is 72.8 Å². The predicted molar refractivity (Wildman–Crippen MR) is 103 cm³/mol. The van der Waals surface area contributed by atoms with Crippen molar-refractivity contribution in [2.75, 3.05) is 11.9 Å². The van der Waals surface area contributed by atoms with Crippen molar-refractivity contribution in [2.24, 2.45) is 0 Å². The first kappa shape index (κ1) is 19.6. The monoisotopic (exact) mass is 384 g/mol. The van der Waals surface area contributed by atoms with Gasteiger partial charge in [0, 0.05) is 0 Å². The highest BCUT2D eigenvalue weighted by atomic mass is 19.4. The Hall–Kier alpha value is -3.12. The molecule has 0 saturated heterocycles. The molecule has 0 heterocycles. The summed E-state index contributed by atoms with van der Waals surface area (Å²) in [4.78, 5) is 12.3. The topological polar surface area (TPSA) is 41.1 Å². The van der Waals surface area contributed by atoms with Crippen molar-refractivity contribution in [1.82, 2.24) is 5.32 Å². The molecule has 3 aromatic rings. The third-order valence-corrected chi connectivity index (χ3v) is 4.24. The number of para-hydroxylation sites is 1. The number of amides is 1. The first-order valence-electron chi connectivity index (χ1n) is 8.74. The van der Waals surface area contributed by atoms with Crippen LogP contribution in [0.25, 0.3) is 0 Å². The summed E-state index contributed by atoms with van der Waals surface area (Å²) in [5, 5.41) is 5.49. The van der Waals surface area contributed by atoms with Gasteiger partial charge in [-0.05, 0) is 23.3 Å². The van der Waals surface area contributed by atoms with E-state index in [1.165, 1.54) is 18.2 Å². The lowest BCUT2D eigenvalue weighted by Gasteiger charge is -2.20. The molecule has 0 radical (unpaired) electrons. The number of benzene rings is 3. The number of alkyl halides is 3. The summed E-state index contributed by atoms with van der Waals surface area (Å²) in [5.41, 5.74) is 0.790. The number of rotatable bonds is 6. The third kappa shape index (κ3) is 4.98. The quantitative estimate of drug-likeness (QED) is 0.626. The molecular weight excluding hydrogens is 365 g/mol. The van der Waals surface area contributed by atoms with Crippen LogP contribution in [0.3, 0.4) is 0 Å². The molecule has 0 unspecified atom stereocenters. The van der Waals surface area contributed by atoms with Gasteiger partial charge in [0.2, 0.25) is 5.91 Å². The Morgan fingerprint density at radius 3 is 1.82 bits per heavy atom. The van der Waals surface area contributed by atoms with E-state index in [0.717, 1.165) is 17.2 Å². The van der Waals surface area contributed by atoms with Crippen LogP contribution < -0.4 is 10.6 Å². The van der Waals surface area contributed by atoms with Gasteiger partial charge in [-0.15, -0.1) is 0 Å². The largest absolute Gasteiger partial charge is 0.418 e. The molecule has 3 aromatic carbocycles. The van der Waals surface area contributed by atoms with E-state index in [9.17, 15) is 18.0 Å². The van der Waals surface area contributed by atoms with E-state index >= 15 is 0 Å². The van der Waals surface area contributed by atoms with Crippen LogP contribution in [-0.2, 0) is 11.0 Å². The minimum atomic E-state index is -4.53. The van der Waals surface area contributed by atoms with Gasteiger partial charge in [0.15, 0.2) is 0 Å². The van der Waals surface area contributed by atoms with Gasteiger partial charge in [-0.2, -0.15) is 13.2 Å². The fraction of sp³-hybridized carbons (Fsp3) is 0.136. The highest BCUT2D eigenvalue weighted by molar-refractivity contribution is 5.93. The van der Waals surface area contributed by atoms with Crippen molar-refractivity contribution in [3.8, 4) is 0 Å². The van der Waals surface area contributed by atoms with E-state index in [1.807, 2.05) is 60.7 Å². The Morgan fingerprint density at radius 1 is 0.786 bits per heavy atom. The van der Waals surface area contributed by atoms with Crippen LogP contribution in [0.2, 0.25) is 0 Å². The van der Waals surface area contributed by atoms with Gasteiger partial charge < -0.3 is 5.32 Å². The van der Waals surface area contributed by atoms with Crippen LogP contribution in [0.15, 0.2) is 84.9 Å². The first-order chi connectivity index (χ1) is 13.4. The van der Waals surface area contributed by atoms with Crippen molar-refractivity contribution < 1.29 is 18.0 Å². The van der Waals surface area contributed by atoms with Crippen LogP contribution in [0.5, 0.6) is 0 Å². The molecule has 3 nitrogen and oxygen atoms in total. The van der Waals surface area contributed by atoms with E-state index in [-0.39, 0.29) is 18.3 Å². The molecule has 1 amide bonds. The van der Waals surface area contributed by atoms with Gasteiger partial charge >= 0.3 is 6.18 Å². The van der Waals surface area contributed by atoms with E-state index in [4.69, 9.17) is 0 Å². The molecule has 6 heteroatoms. The average molecular weight is 384 g/mol. The van der Waals surface area contributed by atoms with E-state index < -0.39 is 17.6 Å². The smallest absolute Gasteiger partial charge is 0.324 e. The minimum absolute atomic E-state index is 0.138. The second kappa shape index (κ2) is 8.71. The van der Waals surface area contributed by atoms with Crippen molar-refractivity contribution in [3.63, 3.8) is 0 Å². The Balaban J connectivity index is 1.73. The zero-order valence-electron chi connectivity index (χ0n) is 14.9. The molecule has 0 atom stereocenters. The second-order valence-corrected chi connectivity index (χ2v) is 6.23. The highest BCUT2D eigenvalue weighted by Gasteiger charge is 2.33. The van der Waals surface area contributed by atoms with Crippen LogP contribution in [0.4, 0.5) is 18.9 Å². The summed E-state index contributed by atoms with van der Waals surface area (Å²) >= 11 is 0. The first-order valence-corrected chi connectivity index (χ1v) is 8.74. The van der Waals surface area contributed by atoms with Crippen LogP contribution in [0.1, 0.15) is 22.7 Å². The van der Waals surface area contributed by atoms with Gasteiger partial charge in [-0.3, -0.25) is 10.1 Å². The maximum absolute atomic E-state index is 13.1. The van der Waals surface area contributed by atoms with Crippen LogP contribution >= 0.6 is 0 Å². The summed E-state index contributed by atoms with van der Waals surface area (Å²) in [7, 11) is 0. The summed E-state index contributed by atoms with van der Waals surface area (Å²) < 4.78 is 39.3. The van der Waals surface area contributed by atoms with Gasteiger partial charge in [0.05, 0.1) is 23.8 Å². The van der Waals surface area contributed by atoms with E-state index in [1.54, 1.807) is 0 Å². The SMILES string of the molecule is O=C(CNC(c1ccccc1)c1ccccc1)Nc1ccccc1C(F)(F)F. The molecule has 144 valence electrons. The maximum Gasteiger partial charge on any atom is 0.418 e. The summed E-state index contributed by atoms with van der Waals surface area (Å²) in [6.45, 7) is -0.138. The number of nitrogens with one attached hydrogen (secondary N) is 2. The number of anilines is 1. The van der Waals surface area contributed by atoms with Crippen molar-refractivity contribution in [1.29, 1.82) is 0 Å². The second-order valence-electron chi connectivity index (χ2n) is 6.23. The zero-order chi connectivity index (χ0) is 20.0. The molecule has 0 aliphatic rings. The summed E-state index contributed by atoms with van der Waals surface area (Å²) in [6.07, 6.45) is -4.53. The van der Waals surface area contributed by atoms with Crippen molar-refractivity contribution >= 4 is 11.6 Å². The minimum Gasteiger partial charge on any atom is -0.324 e. The molecule has 3 rings (SSSR count). The molecular formula is C22H19F3N2O. The number of hydrogen-bond acceptors (Lipinski definition) is 2. The number of hydrogen-bond donors (Lipinski definition) is 2. The number of carbonyl (C=O) groups is 1. The molecule has 0 saturated carbocycles. The van der Waals surface area contributed by atoms with Gasteiger partial charge in [0.25, 0.3) is 0 Å². The van der Waals surface area contributed by atoms with Crippen LogP contribution in [-0.4, -0.2) is 12.5 Å². The summed E-state index contributed by atoms with van der Waals surface area (Å²) in [5.74, 6) is -0.548. The lowest BCUT2D eigenvalue weighted by Crippen LogP contribution is -2.32. The van der Waals surface area contributed by atoms with E-state index in [0.29, 0.717) is 0 Å². The van der Waals surface area contributed by atoms with Gasteiger partial charge in [0.1, 0.15) is 0 Å². The zero-order valence-corrected chi connectivity index (χ0v) is 14.9. The molecule has 0 bridgehead atoms. The molecule has 2 N–H and O–H groups in total. The molecule has 0 aliphatic carbocycles. The molecule has 0 fully saturated rings. The molecule has 0 aromatic heterocycles. The van der Waals surface area contributed by atoms with Crippen LogP contribution in [0, 0.1) is 0 Å². The normalized spacial score (nSPS) is 11.4. The average Bonchev–Trinajstić information content (AvgIpc) is 2.69. The Bertz CT molecular complexity index is 872.